The van der Waals surface area contributed by atoms with Gasteiger partial charge in [0.05, 0.1) is 17.6 Å². The summed E-state index contributed by atoms with van der Waals surface area (Å²) in [7, 11) is 0. The molecule has 0 saturated carbocycles. The fourth-order valence-corrected chi connectivity index (χ4v) is 2.76. The van der Waals surface area contributed by atoms with Crippen LogP contribution in [0, 0.1) is 5.92 Å². The van der Waals surface area contributed by atoms with E-state index in [1.54, 1.807) is 49.4 Å². The number of hydrogen-bond acceptors (Lipinski definition) is 5. The van der Waals surface area contributed by atoms with Crippen LogP contribution in [0.25, 0.3) is 22.1 Å². The van der Waals surface area contributed by atoms with Crippen LogP contribution in [0.3, 0.4) is 0 Å². The average Bonchev–Trinajstić information content (AvgIpc) is 2.67. The summed E-state index contributed by atoms with van der Waals surface area (Å²) in [4.78, 5) is 24.8. The number of benzene rings is 2. The van der Waals surface area contributed by atoms with Crippen LogP contribution in [0.5, 0.6) is 5.75 Å². The van der Waals surface area contributed by atoms with Crippen LogP contribution in [0.4, 0.5) is 0 Å². The first-order chi connectivity index (χ1) is 13.3. The molecule has 146 valence electrons. The molecule has 0 bridgehead atoms. The summed E-state index contributed by atoms with van der Waals surface area (Å²) < 4.78 is 16.4. The first kappa shape index (κ1) is 20.0. The first-order valence-corrected chi connectivity index (χ1v) is 9.37. The fraction of sp³-hybridized carbons (Fsp3) is 0.273. The van der Waals surface area contributed by atoms with Gasteiger partial charge in [-0.3, -0.25) is 4.79 Å². The van der Waals surface area contributed by atoms with E-state index in [9.17, 15) is 9.59 Å². The SMILES string of the molecule is CC(C)COC(=O)[C@@H](C)Oc1ccc2c(=O)c(-c3ccc(Cl)cc3)coc2c1. The number of carbonyl (C=O) groups excluding carboxylic acids is 1. The summed E-state index contributed by atoms with van der Waals surface area (Å²) in [6.45, 7) is 5.88. The van der Waals surface area contributed by atoms with Crippen LogP contribution in [0.1, 0.15) is 20.8 Å². The van der Waals surface area contributed by atoms with Gasteiger partial charge >= 0.3 is 5.97 Å². The summed E-state index contributed by atoms with van der Waals surface area (Å²) in [5.74, 6) is 0.234. The maximum absolute atomic E-state index is 12.8. The summed E-state index contributed by atoms with van der Waals surface area (Å²) in [6.07, 6.45) is 0.647. The van der Waals surface area contributed by atoms with Crippen molar-refractivity contribution in [2.24, 2.45) is 5.92 Å². The number of rotatable bonds is 6. The predicted octanol–water partition coefficient (Wildman–Crippen LogP) is 5.08. The zero-order valence-corrected chi connectivity index (χ0v) is 16.7. The highest BCUT2D eigenvalue weighted by molar-refractivity contribution is 6.30. The Labute approximate surface area is 167 Å². The number of hydrogen-bond donors (Lipinski definition) is 0. The highest BCUT2D eigenvalue weighted by Crippen LogP contribution is 2.24. The molecule has 0 saturated heterocycles. The van der Waals surface area contributed by atoms with E-state index in [2.05, 4.69) is 0 Å². The van der Waals surface area contributed by atoms with Crippen LogP contribution in [-0.2, 0) is 9.53 Å². The molecule has 3 aromatic rings. The summed E-state index contributed by atoms with van der Waals surface area (Å²) in [6, 6.07) is 11.8. The van der Waals surface area contributed by atoms with Crippen molar-refractivity contribution in [1.82, 2.24) is 0 Å². The maximum atomic E-state index is 12.8. The Morgan fingerprint density at radius 2 is 1.82 bits per heavy atom. The van der Waals surface area contributed by atoms with E-state index >= 15 is 0 Å². The normalized spacial score (nSPS) is 12.2. The lowest BCUT2D eigenvalue weighted by Gasteiger charge is -2.15. The number of halogens is 1. The lowest BCUT2D eigenvalue weighted by Crippen LogP contribution is -2.27. The maximum Gasteiger partial charge on any atom is 0.347 e. The molecule has 1 heterocycles. The van der Waals surface area contributed by atoms with Gasteiger partial charge in [-0.2, -0.15) is 0 Å². The average molecular weight is 401 g/mol. The van der Waals surface area contributed by atoms with E-state index in [0.717, 1.165) is 5.56 Å². The molecule has 0 aliphatic rings. The van der Waals surface area contributed by atoms with Crippen molar-refractivity contribution in [1.29, 1.82) is 0 Å². The molecule has 0 aliphatic heterocycles. The highest BCUT2D eigenvalue weighted by Gasteiger charge is 2.18. The number of ether oxygens (including phenoxy) is 2. The fourth-order valence-electron chi connectivity index (χ4n) is 2.63. The molecule has 6 heteroatoms. The van der Waals surface area contributed by atoms with Crippen molar-refractivity contribution in [3.63, 3.8) is 0 Å². The molecule has 1 atom stereocenters. The van der Waals surface area contributed by atoms with Crippen molar-refractivity contribution in [2.45, 2.75) is 26.9 Å². The van der Waals surface area contributed by atoms with E-state index < -0.39 is 12.1 Å². The largest absolute Gasteiger partial charge is 0.479 e. The van der Waals surface area contributed by atoms with Crippen molar-refractivity contribution in [3.8, 4) is 16.9 Å². The number of carbonyl (C=O) groups is 1. The van der Waals surface area contributed by atoms with E-state index in [1.165, 1.54) is 6.26 Å². The van der Waals surface area contributed by atoms with Crippen molar-refractivity contribution < 1.29 is 18.7 Å². The molecule has 28 heavy (non-hydrogen) atoms. The van der Waals surface area contributed by atoms with Gasteiger partial charge in [-0.1, -0.05) is 37.6 Å². The minimum absolute atomic E-state index is 0.153. The van der Waals surface area contributed by atoms with Gasteiger partial charge in [0.2, 0.25) is 0 Å². The van der Waals surface area contributed by atoms with Gasteiger partial charge in [0.15, 0.2) is 11.5 Å². The first-order valence-electron chi connectivity index (χ1n) is 9.00. The quantitative estimate of drug-likeness (QED) is 0.540. The Balaban J connectivity index is 1.83. The van der Waals surface area contributed by atoms with E-state index in [-0.39, 0.29) is 11.3 Å². The van der Waals surface area contributed by atoms with Gasteiger partial charge in [0.25, 0.3) is 0 Å². The van der Waals surface area contributed by atoms with Crippen LogP contribution in [-0.4, -0.2) is 18.7 Å². The second-order valence-corrected chi connectivity index (χ2v) is 7.36. The standard InChI is InChI=1S/C22H21ClO5/c1-13(2)11-27-22(25)14(3)28-17-8-9-18-20(10-17)26-12-19(21(18)24)15-4-6-16(23)7-5-15/h4-10,12-14H,11H2,1-3H3/t14-/m1/s1. The third-order valence-electron chi connectivity index (χ3n) is 4.11. The zero-order valence-electron chi connectivity index (χ0n) is 15.9. The Kier molecular flexibility index (Phi) is 6.05. The number of esters is 1. The molecule has 0 aliphatic carbocycles. The molecular formula is C22H21ClO5. The van der Waals surface area contributed by atoms with Gasteiger partial charge < -0.3 is 13.9 Å². The van der Waals surface area contributed by atoms with Crippen molar-refractivity contribution in [3.05, 3.63) is 64.0 Å². The minimum Gasteiger partial charge on any atom is -0.479 e. The molecule has 0 radical (unpaired) electrons. The molecule has 0 unspecified atom stereocenters. The molecule has 0 spiro atoms. The molecule has 3 rings (SSSR count). The van der Waals surface area contributed by atoms with Gasteiger partial charge in [-0.25, -0.2) is 4.79 Å². The molecule has 2 aromatic carbocycles. The summed E-state index contributed by atoms with van der Waals surface area (Å²) >= 11 is 5.90. The smallest absolute Gasteiger partial charge is 0.347 e. The minimum atomic E-state index is -0.767. The molecule has 0 fully saturated rings. The lowest BCUT2D eigenvalue weighted by atomic mass is 10.1. The van der Waals surface area contributed by atoms with Gasteiger partial charge in [0.1, 0.15) is 17.6 Å². The topological polar surface area (TPSA) is 65.7 Å². The summed E-state index contributed by atoms with van der Waals surface area (Å²) in [5, 5.41) is 1.02. The Morgan fingerprint density at radius 3 is 2.50 bits per heavy atom. The summed E-state index contributed by atoms with van der Waals surface area (Å²) in [5.41, 5.74) is 1.40. The highest BCUT2D eigenvalue weighted by atomic mass is 35.5. The second kappa shape index (κ2) is 8.48. The van der Waals surface area contributed by atoms with Crippen LogP contribution < -0.4 is 10.2 Å². The molecule has 0 N–H and O–H groups in total. The molecule has 5 nitrogen and oxygen atoms in total. The third kappa shape index (κ3) is 4.54. The number of fused-ring (bicyclic) bond motifs is 1. The Bertz CT molecular complexity index is 1040. The molecule has 0 amide bonds. The van der Waals surface area contributed by atoms with Gasteiger partial charge in [-0.15, -0.1) is 0 Å². The van der Waals surface area contributed by atoms with Gasteiger partial charge in [-0.05, 0) is 42.7 Å². The molecular weight excluding hydrogens is 380 g/mol. The third-order valence-corrected chi connectivity index (χ3v) is 4.36. The predicted molar refractivity (Wildman–Crippen MR) is 109 cm³/mol. The van der Waals surface area contributed by atoms with Crippen molar-refractivity contribution >= 4 is 28.5 Å². The van der Waals surface area contributed by atoms with Crippen LogP contribution in [0.2, 0.25) is 5.02 Å². The van der Waals surface area contributed by atoms with Gasteiger partial charge in [0, 0.05) is 11.1 Å². The van der Waals surface area contributed by atoms with E-state index in [1.807, 2.05) is 13.8 Å². The molecule has 1 aromatic heterocycles. The van der Waals surface area contributed by atoms with Crippen LogP contribution >= 0.6 is 11.6 Å². The van der Waals surface area contributed by atoms with Crippen LogP contribution in [0.15, 0.2) is 57.9 Å². The second-order valence-electron chi connectivity index (χ2n) is 6.93. The van der Waals surface area contributed by atoms with E-state index in [4.69, 9.17) is 25.5 Å². The lowest BCUT2D eigenvalue weighted by molar-refractivity contribution is -0.152. The Morgan fingerprint density at radius 1 is 1.11 bits per heavy atom. The monoisotopic (exact) mass is 400 g/mol. The zero-order chi connectivity index (χ0) is 20.3. The van der Waals surface area contributed by atoms with E-state index in [0.29, 0.717) is 33.9 Å². The van der Waals surface area contributed by atoms with Crippen molar-refractivity contribution in [2.75, 3.05) is 6.61 Å². The Hall–Kier alpha value is -2.79.